The number of nitrogens with zero attached hydrogens (tertiary/aromatic N) is 2. The molecular formula is C27H35FN4O2. The van der Waals surface area contributed by atoms with Gasteiger partial charge in [0.1, 0.15) is 11.9 Å². The average Bonchev–Trinajstić information content (AvgIpc) is 2.78. The van der Waals surface area contributed by atoms with Crippen LogP contribution >= 0.6 is 0 Å². The predicted octanol–water partition coefficient (Wildman–Crippen LogP) is 6.28. The summed E-state index contributed by atoms with van der Waals surface area (Å²) in [4.78, 5) is 20.6. The summed E-state index contributed by atoms with van der Waals surface area (Å²) < 4.78 is 20.8. The van der Waals surface area contributed by atoms with Gasteiger partial charge in [-0.3, -0.25) is 0 Å². The van der Waals surface area contributed by atoms with E-state index in [0.29, 0.717) is 16.8 Å². The summed E-state index contributed by atoms with van der Waals surface area (Å²) in [5, 5.41) is 6.80. The number of carbonyl (C=O) groups excluding carboxylic acids is 1. The van der Waals surface area contributed by atoms with E-state index in [4.69, 9.17) is 4.74 Å². The molecule has 1 heterocycles. The maximum absolute atomic E-state index is 15.2. The highest BCUT2D eigenvalue weighted by Gasteiger charge is 2.49. The molecule has 3 bridgehead atoms. The quantitative estimate of drug-likeness (QED) is 0.385. The van der Waals surface area contributed by atoms with Crippen LogP contribution < -0.4 is 10.6 Å². The lowest BCUT2D eigenvalue weighted by Crippen LogP contribution is -2.52. The minimum Gasteiger partial charge on any atom is -0.456 e. The molecular weight excluding hydrogens is 431 g/mol. The van der Waals surface area contributed by atoms with Crippen LogP contribution in [0.4, 0.5) is 15.8 Å². The van der Waals surface area contributed by atoms with Gasteiger partial charge >= 0.3 is 5.97 Å². The fourth-order valence-corrected chi connectivity index (χ4v) is 6.39. The Labute approximate surface area is 201 Å². The Balaban J connectivity index is 1.44. The van der Waals surface area contributed by atoms with Gasteiger partial charge in [0.2, 0.25) is 0 Å². The Bertz CT molecular complexity index is 1040. The highest BCUT2D eigenvalue weighted by atomic mass is 19.1. The summed E-state index contributed by atoms with van der Waals surface area (Å²) in [5.74, 6) is 2.01. The molecule has 0 amide bonds. The molecule has 5 rings (SSSR count). The fraction of sp³-hybridized carbons (Fsp3) is 0.593. The van der Waals surface area contributed by atoms with Crippen LogP contribution in [-0.4, -0.2) is 27.1 Å². The number of halogens is 1. The minimum atomic E-state index is -1.50. The predicted molar refractivity (Wildman–Crippen MR) is 130 cm³/mol. The smallest absolute Gasteiger partial charge is 0.338 e. The van der Waals surface area contributed by atoms with E-state index in [0.717, 1.165) is 36.3 Å². The van der Waals surface area contributed by atoms with E-state index >= 15 is 4.39 Å². The molecule has 1 aromatic heterocycles. The second kappa shape index (κ2) is 8.82. The number of alkyl halides is 1. The first kappa shape index (κ1) is 23.1. The topological polar surface area (TPSA) is 76.1 Å². The number of rotatable bonds is 6. The van der Waals surface area contributed by atoms with E-state index in [1.807, 2.05) is 26.8 Å². The molecule has 5 unspecified atom stereocenters. The van der Waals surface area contributed by atoms with Crippen LogP contribution in [0.1, 0.15) is 87.9 Å². The number of esters is 1. The van der Waals surface area contributed by atoms with Crippen molar-refractivity contribution in [1.29, 1.82) is 0 Å². The molecule has 0 saturated heterocycles. The van der Waals surface area contributed by atoms with Crippen molar-refractivity contribution in [3.63, 3.8) is 0 Å². The molecule has 2 N–H and O–H groups in total. The van der Waals surface area contributed by atoms with Gasteiger partial charge in [0, 0.05) is 23.5 Å². The number of benzene rings is 1. The third-order valence-electron chi connectivity index (χ3n) is 7.78. The number of aromatic nitrogens is 2. The first-order valence-electron chi connectivity index (χ1n) is 12.5. The molecule has 0 radical (unpaired) electrons. The third kappa shape index (κ3) is 4.89. The summed E-state index contributed by atoms with van der Waals surface area (Å²) in [5.41, 5.74) is 1.53. The van der Waals surface area contributed by atoms with Gasteiger partial charge in [-0.25, -0.2) is 19.2 Å². The molecule has 182 valence electrons. The molecule has 0 aliphatic heterocycles. The molecule has 6 nitrogen and oxygen atoms in total. The second-order valence-corrected chi connectivity index (χ2v) is 11.5. The lowest BCUT2D eigenvalue weighted by molar-refractivity contribution is 0.00695. The van der Waals surface area contributed by atoms with Crippen LogP contribution in [0.3, 0.4) is 0 Å². The van der Waals surface area contributed by atoms with Crippen molar-refractivity contribution in [1.82, 2.24) is 9.97 Å². The molecule has 7 heteroatoms. The van der Waals surface area contributed by atoms with E-state index in [-0.39, 0.29) is 5.54 Å². The summed E-state index contributed by atoms with van der Waals surface area (Å²) in [6, 6.07) is 5.35. The van der Waals surface area contributed by atoms with Crippen molar-refractivity contribution >= 4 is 17.3 Å². The summed E-state index contributed by atoms with van der Waals surface area (Å²) in [7, 11) is 0. The van der Waals surface area contributed by atoms with Crippen molar-refractivity contribution < 1.29 is 13.9 Å². The molecule has 0 spiro atoms. The lowest BCUT2D eigenvalue weighted by atomic mass is 9.54. The summed E-state index contributed by atoms with van der Waals surface area (Å²) >= 11 is 0. The van der Waals surface area contributed by atoms with Gasteiger partial charge in [-0.2, -0.15) is 0 Å². The van der Waals surface area contributed by atoms with E-state index < -0.39 is 17.9 Å². The van der Waals surface area contributed by atoms with Crippen molar-refractivity contribution in [2.45, 2.75) is 83.2 Å². The molecule has 3 aliphatic carbocycles. The Morgan fingerprint density at radius 3 is 2.68 bits per heavy atom. The molecule has 3 saturated carbocycles. The zero-order valence-electron chi connectivity index (χ0n) is 20.3. The van der Waals surface area contributed by atoms with Crippen molar-refractivity contribution in [2.75, 3.05) is 10.6 Å². The molecule has 2 aromatic rings. The summed E-state index contributed by atoms with van der Waals surface area (Å²) in [6.45, 7) is 5.51. The zero-order chi connectivity index (χ0) is 23.9. The van der Waals surface area contributed by atoms with E-state index in [1.54, 1.807) is 12.1 Å². The van der Waals surface area contributed by atoms with Crippen LogP contribution in [0, 0.1) is 17.8 Å². The number of carbonyl (C=O) groups is 1. The molecule has 34 heavy (non-hydrogen) atoms. The highest BCUT2D eigenvalue weighted by molar-refractivity contribution is 5.92. The van der Waals surface area contributed by atoms with Gasteiger partial charge in [-0.05, 0) is 95.2 Å². The van der Waals surface area contributed by atoms with Crippen LogP contribution in [0.2, 0.25) is 0 Å². The summed E-state index contributed by atoms with van der Waals surface area (Å²) in [6.07, 6.45) is 11.6. The largest absolute Gasteiger partial charge is 0.456 e. The Morgan fingerprint density at radius 1 is 1.12 bits per heavy atom. The van der Waals surface area contributed by atoms with Gasteiger partial charge in [0.15, 0.2) is 6.30 Å². The molecule has 3 aliphatic rings. The van der Waals surface area contributed by atoms with Gasteiger partial charge in [-0.1, -0.05) is 6.42 Å². The van der Waals surface area contributed by atoms with Crippen molar-refractivity contribution in [2.24, 2.45) is 17.8 Å². The van der Waals surface area contributed by atoms with Gasteiger partial charge < -0.3 is 15.4 Å². The van der Waals surface area contributed by atoms with E-state index in [9.17, 15) is 4.79 Å². The van der Waals surface area contributed by atoms with Crippen LogP contribution in [-0.2, 0) is 4.74 Å². The van der Waals surface area contributed by atoms with Gasteiger partial charge in [-0.15, -0.1) is 0 Å². The van der Waals surface area contributed by atoms with Crippen molar-refractivity contribution in [3.05, 3.63) is 48.0 Å². The van der Waals surface area contributed by atoms with E-state index in [1.165, 1.54) is 50.8 Å². The van der Waals surface area contributed by atoms with Gasteiger partial charge in [0.25, 0.3) is 0 Å². The normalized spacial score (nSPS) is 28.8. The average molecular weight is 467 g/mol. The van der Waals surface area contributed by atoms with Gasteiger partial charge in [0.05, 0.1) is 16.9 Å². The maximum Gasteiger partial charge on any atom is 0.338 e. The van der Waals surface area contributed by atoms with E-state index in [2.05, 4.69) is 20.6 Å². The first-order valence-corrected chi connectivity index (χ1v) is 12.5. The number of nitrogens with one attached hydrogen (secondary N) is 2. The minimum absolute atomic E-state index is 0.0377. The van der Waals surface area contributed by atoms with Crippen LogP contribution in [0.25, 0.3) is 0 Å². The second-order valence-electron chi connectivity index (χ2n) is 11.5. The molecule has 5 atom stereocenters. The molecule has 1 aromatic carbocycles. The standard InChI is InChI=1S/C27H35FN4O2/c1-26(2,3)34-25(33)19-6-7-22(23(11-19)31-24(28)21-14-29-16-30-15-21)32-27-9-8-18-5-4-17(12-27)10-20(18)13-27/h6-7,11,14-18,20,24,31-32H,4-5,8-10,12-13H2,1-3H3. The molecule has 3 fully saturated rings. The Hall–Kier alpha value is -2.70. The number of hydrogen-bond acceptors (Lipinski definition) is 6. The van der Waals surface area contributed by atoms with Crippen molar-refractivity contribution in [3.8, 4) is 0 Å². The number of anilines is 2. The third-order valence-corrected chi connectivity index (χ3v) is 7.78. The monoisotopic (exact) mass is 466 g/mol. The lowest BCUT2D eigenvalue weighted by Gasteiger charge is -2.55. The van der Waals surface area contributed by atoms with Crippen LogP contribution in [0.5, 0.6) is 0 Å². The number of ether oxygens (including phenoxy) is 1. The van der Waals surface area contributed by atoms with Crippen LogP contribution in [0.15, 0.2) is 36.9 Å². The first-order chi connectivity index (χ1) is 16.2. The zero-order valence-corrected chi connectivity index (χ0v) is 20.3. The maximum atomic E-state index is 15.2. The highest BCUT2D eigenvalue weighted by Crippen LogP contribution is 2.55. The number of hydrogen-bond donors (Lipinski definition) is 2. The Kier molecular flexibility index (Phi) is 5.98. The number of fused-ring (bicyclic) bond motifs is 2. The SMILES string of the molecule is CC(C)(C)OC(=O)c1ccc(NC23CCC4CCC(CC4C2)C3)c(NC(F)c2cncnc2)c1. The fourth-order valence-electron chi connectivity index (χ4n) is 6.39. The Morgan fingerprint density at radius 2 is 1.91 bits per heavy atom.